The number of hydrogen-bond donors (Lipinski definition) is 1. The molecule has 4 aromatic carbocycles. The van der Waals surface area contributed by atoms with E-state index in [1.54, 1.807) is 38.1 Å². The number of nitrogens with zero attached hydrogens (tertiary/aromatic N) is 1. The normalized spacial score (nSPS) is 11.8. The van der Waals surface area contributed by atoms with E-state index >= 15 is 0 Å². The first-order valence-electron chi connectivity index (χ1n) is 13.9. The van der Waals surface area contributed by atoms with Crippen LogP contribution in [0, 0.1) is 21.7 Å². The SMILES string of the molecule is CC(C(=O)O)c1ccc(-c2ccccc2)c(F)c1.CC(C(=O)OCCCCO[N+](=O)[O-])c1ccc(-c2ccccc2)c(F)c1. The lowest BCUT2D eigenvalue weighted by atomic mass is 9.97. The van der Waals surface area contributed by atoms with E-state index < -0.39 is 40.5 Å². The molecule has 0 spiro atoms. The van der Waals surface area contributed by atoms with Crippen molar-refractivity contribution in [2.45, 2.75) is 38.5 Å². The van der Waals surface area contributed by atoms with Crippen LogP contribution in [0.1, 0.15) is 49.7 Å². The van der Waals surface area contributed by atoms with Crippen molar-refractivity contribution in [2.75, 3.05) is 13.2 Å². The third-order valence-electron chi connectivity index (χ3n) is 6.86. The molecule has 0 saturated heterocycles. The van der Waals surface area contributed by atoms with Gasteiger partial charge in [-0.2, -0.15) is 0 Å². The molecule has 0 heterocycles. The van der Waals surface area contributed by atoms with E-state index in [9.17, 15) is 28.5 Å². The van der Waals surface area contributed by atoms with Gasteiger partial charge in [-0.15, -0.1) is 10.1 Å². The molecule has 8 nitrogen and oxygen atoms in total. The molecular formula is C34H33F2NO7. The average Bonchev–Trinajstić information content (AvgIpc) is 3.02. The molecule has 4 rings (SSSR count). The predicted molar refractivity (Wildman–Crippen MR) is 161 cm³/mol. The molecule has 4 aromatic rings. The van der Waals surface area contributed by atoms with Gasteiger partial charge in [-0.25, -0.2) is 8.78 Å². The summed E-state index contributed by atoms with van der Waals surface area (Å²) in [5, 5.41) is 18.0. The maximum absolute atomic E-state index is 14.4. The van der Waals surface area contributed by atoms with E-state index in [4.69, 9.17) is 9.84 Å². The highest BCUT2D eigenvalue weighted by atomic mass is 19.1. The Hall–Kier alpha value is -5.12. The van der Waals surface area contributed by atoms with E-state index in [0.29, 0.717) is 35.1 Å². The monoisotopic (exact) mass is 605 g/mol. The summed E-state index contributed by atoms with van der Waals surface area (Å²) in [7, 11) is 0. The molecule has 1 N–H and O–H groups in total. The summed E-state index contributed by atoms with van der Waals surface area (Å²) in [5.74, 6) is -3.53. The van der Waals surface area contributed by atoms with Crippen LogP contribution in [0.3, 0.4) is 0 Å². The first-order chi connectivity index (χ1) is 21.1. The number of unbranched alkanes of at least 4 members (excludes halogenated alkanes) is 1. The van der Waals surface area contributed by atoms with Crippen LogP contribution in [0.25, 0.3) is 22.3 Å². The van der Waals surface area contributed by atoms with Crippen molar-refractivity contribution in [2.24, 2.45) is 0 Å². The average molecular weight is 606 g/mol. The number of rotatable bonds is 12. The van der Waals surface area contributed by atoms with Gasteiger partial charge in [-0.3, -0.25) is 9.59 Å². The zero-order chi connectivity index (χ0) is 32.1. The highest BCUT2D eigenvalue weighted by Crippen LogP contribution is 2.28. The molecule has 0 aromatic heterocycles. The lowest BCUT2D eigenvalue weighted by Crippen LogP contribution is -2.14. The van der Waals surface area contributed by atoms with Crippen LogP contribution >= 0.6 is 0 Å². The Morgan fingerprint density at radius 2 is 1.20 bits per heavy atom. The van der Waals surface area contributed by atoms with Gasteiger partial charge >= 0.3 is 11.9 Å². The van der Waals surface area contributed by atoms with Crippen LogP contribution in [0.2, 0.25) is 0 Å². The van der Waals surface area contributed by atoms with Gasteiger partial charge in [-0.05, 0) is 61.1 Å². The fourth-order valence-corrected chi connectivity index (χ4v) is 4.22. The first-order valence-corrected chi connectivity index (χ1v) is 13.9. The van der Waals surface area contributed by atoms with Crippen LogP contribution in [0.15, 0.2) is 97.1 Å². The molecule has 0 fully saturated rings. The van der Waals surface area contributed by atoms with E-state index in [2.05, 4.69) is 4.84 Å². The zero-order valence-electron chi connectivity index (χ0n) is 24.3. The second kappa shape index (κ2) is 16.5. The second-order valence-corrected chi connectivity index (χ2v) is 9.92. The topological polar surface area (TPSA) is 116 Å². The van der Waals surface area contributed by atoms with Crippen molar-refractivity contribution in [3.05, 3.63) is 130 Å². The molecular weight excluding hydrogens is 572 g/mol. The van der Waals surface area contributed by atoms with Crippen LogP contribution in [-0.4, -0.2) is 35.3 Å². The number of halogens is 2. The summed E-state index contributed by atoms with van der Waals surface area (Å²) >= 11 is 0. The third-order valence-corrected chi connectivity index (χ3v) is 6.86. The first kappa shape index (κ1) is 33.4. The molecule has 0 aliphatic carbocycles. The minimum atomic E-state index is -0.957. The van der Waals surface area contributed by atoms with Crippen molar-refractivity contribution in [3.63, 3.8) is 0 Å². The van der Waals surface area contributed by atoms with Gasteiger partial charge in [0.1, 0.15) is 11.6 Å². The van der Waals surface area contributed by atoms with Crippen molar-refractivity contribution in [3.8, 4) is 22.3 Å². The summed E-state index contributed by atoms with van der Waals surface area (Å²) < 4.78 is 33.5. The van der Waals surface area contributed by atoms with Gasteiger partial charge in [0.15, 0.2) is 0 Å². The molecule has 0 saturated carbocycles. The highest BCUT2D eigenvalue weighted by Gasteiger charge is 2.19. The van der Waals surface area contributed by atoms with E-state index in [0.717, 1.165) is 11.1 Å². The molecule has 10 heteroatoms. The molecule has 2 unspecified atom stereocenters. The number of carbonyl (C=O) groups excluding carboxylic acids is 1. The van der Waals surface area contributed by atoms with E-state index in [1.165, 1.54) is 12.1 Å². The quantitative estimate of drug-likeness (QED) is 0.0758. The lowest BCUT2D eigenvalue weighted by Gasteiger charge is -2.13. The Morgan fingerprint density at radius 3 is 1.64 bits per heavy atom. The maximum Gasteiger partial charge on any atom is 0.313 e. The Kier molecular flexibility index (Phi) is 12.5. The fraction of sp³-hybridized carbons (Fsp3) is 0.235. The van der Waals surface area contributed by atoms with Crippen molar-refractivity contribution in [1.29, 1.82) is 0 Å². The largest absolute Gasteiger partial charge is 0.481 e. The van der Waals surface area contributed by atoms with Crippen molar-refractivity contribution < 1.29 is 38.1 Å². The number of carbonyl (C=O) groups is 2. The van der Waals surface area contributed by atoms with Crippen LogP contribution in [0.5, 0.6) is 0 Å². The van der Waals surface area contributed by atoms with Crippen molar-refractivity contribution in [1.82, 2.24) is 0 Å². The fourth-order valence-electron chi connectivity index (χ4n) is 4.22. The van der Waals surface area contributed by atoms with E-state index in [1.807, 2.05) is 60.7 Å². The molecule has 230 valence electrons. The van der Waals surface area contributed by atoms with E-state index in [-0.39, 0.29) is 13.2 Å². The predicted octanol–water partition coefficient (Wildman–Crippen LogP) is 7.81. The molecule has 44 heavy (non-hydrogen) atoms. The minimum Gasteiger partial charge on any atom is -0.481 e. The Morgan fingerprint density at radius 1 is 0.750 bits per heavy atom. The third kappa shape index (κ3) is 9.72. The summed E-state index contributed by atoms with van der Waals surface area (Å²) in [6.07, 6.45) is 0.858. The standard InChI is InChI=1S/C19H20FNO5.C15H13FO2/c1-14(19(22)25-11-5-6-12-26-21(23)24)16-9-10-17(18(20)13-16)15-7-3-2-4-8-15;1-10(15(17)18)12-7-8-13(14(16)9-12)11-5-3-2-4-6-11/h2-4,7-10,13-14H,5-6,11-12H2,1H3;2-10H,1H3,(H,17,18). The van der Waals surface area contributed by atoms with Gasteiger partial charge in [0.25, 0.3) is 5.09 Å². The van der Waals surface area contributed by atoms with Crippen LogP contribution < -0.4 is 0 Å². The Balaban J connectivity index is 0.000000257. The van der Waals surface area contributed by atoms with Gasteiger partial charge in [0.2, 0.25) is 0 Å². The van der Waals surface area contributed by atoms with Gasteiger partial charge < -0.3 is 14.7 Å². The van der Waals surface area contributed by atoms with Crippen LogP contribution in [-0.2, 0) is 19.2 Å². The van der Waals surface area contributed by atoms with Crippen molar-refractivity contribution >= 4 is 11.9 Å². The maximum atomic E-state index is 14.4. The molecule has 0 radical (unpaired) electrons. The van der Waals surface area contributed by atoms with Crippen LogP contribution in [0.4, 0.5) is 8.78 Å². The highest BCUT2D eigenvalue weighted by molar-refractivity contribution is 5.78. The minimum absolute atomic E-state index is 0.0355. The molecule has 0 aliphatic heterocycles. The summed E-state index contributed by atoms with van der Waals surface area (Å²) in [5.41, 5.74) is 3.51. The number of benzene rings is 4. The van der Waals surface area contributed by atoms with Gasteiger partial charge in [0.05, 0.1) is 25.0 Å². The number of carboxylic acid groups (broad SMARTS) is 1. The summed E-state index contributed by atoms with van der Waals surface area (Å²) in [4.78, 5) is 37.1. The number of aliphatic carboxylic acids is 1. The summed E-state index contributed by atoms with van der Waals surface area (Å²) in [6, 6.07) is 27.6. The molecule has 2 atom stereocenters. The number of ether oxygens (including phenoxy) is 1. The second-order valence-electron chi connectivity index (χ2n) is 9.92. The molecule has 0 bridgehead atoms. The van der Waals surface area contributed by atoms with Gasteiger partial charge in [0, 0.05) is 11.1 Å². The summed E-state index contributed by atoms with van der Waals surface area (Å²) in [6.45, 7) is 3.29. The smallest absolute Gasteiger partial charge is 0.313 e. The lowest BCUT2D eigenvalue weighted by molar-refractivity contribution is -0.757. The zero-order valence-corrected chi connectivity index (χ0v) is 24.3. The number of hydrogen-bond acceptors (Lipinski definition) is 6. The number of esters is 1. The molecule has 0 amide bonds. The number of carboxylic acids is 1. The Bertz CT molecular complexity index is 1550. The van der Waals surface area contributed by atoms with Gasteiger partial charge in [-0.1, -0.05) is 84.9 Å². The Labute approximate surface area is 254 Å². The molecule has 0 aliphatic rings.